The minimum absolute atomic E-state index is 0.107. The Morgan fingerprint density at radius 3 is 2.63 bits per heavy atom. The lowest BCUT2D eigenvalue weighted by atomic mass is 10.1. The lowest BCUT2D eigenvalue weighted by Crippen LogP contribution is -2.43. The summed E-state index contributed by atoms with van der Waals surface area (Å²) >= 11 is 0. The number of nitrogens with zero attached hydrogens (tertiary/aromatic N) is 3. The van der Waals surface area contributed by atoms with Gasteiger partial charge >= 0.3 is 12.5 Å². The Balaban J connectivity index is 2.40. The summed E-state index contributed by atoms with van der Waals surface area (Å²) < 4.78 is 58.9. The van der Waals surface area contributed by atoms with E-state index in [-0.39, 0.29) is 17.1 Å². The molecule has 0 radical (unpaired) electrons. The second kappa shape index (κ2) is 8.19. The third-order valence-electron chi connectivity index (χ3n) is 3.48. The number of hydrogen-bond donors (Lipinski definition) is 0. The van der Waals surface area contributed by atoms with Crippen molar-refractivity contribution in [1.82, 2.24) is 9.88 Å². The molecule has 10 heteroatoms. The van der Waals surface area contributed by atoms with Gasteiger partial charge in [0.1, 0.15) is 25.2 Å². The van der Waals surface area contributed by atoms with Crippen LogP contribution in [-0.4, -0.2) is 41.7 Å². The maximum atomic E-state index is 13.7. The van der Waals surface area contributed by atoms with Crippen LogP contribution in [0, 0.1) is 5.82 Å². The Labute approximate surface area is 152 Å². The van der Waals surface area contributed by atoms with E-state index in [1.54, 1.807) is 0 Å². The molecule has 0 fully saturated rings. The van der Waals surface area contributed by atoms with Gasteiger partial charge in [0.2, 0.25) is 5.75 Å². The van der Waals surface area contributed by atoms with Crippen molar-refractivity contribution >= 4 is 5.91 Å². The van der Waals surface area contributed by atoms with Gasteiger partial charge in [0.15, 0.2) is 12.4 Å². The quantitative estimate of drug-likeness (QED) is 0.564. The van der Waals surface area contributed by atoms with E-state index in [4.69, 9.17) is 9.57 Å². The van der Waals surface area contributed by atoms with E-state index in [1.807, 2.05) is 0 Å². The van der Waals surface area contributed by atoms with E-state index in [2.05, 4.69) is 4.98 Å². The highest BCUT2D eigenvalue weighted by Gasteiger charge is 2.35. The van der Waals surface area contributed by atoms with Gasteiger partial charge in [-0.05, 0) is 41.8 Å². The minimum atomic E-state index is -4.60. The molecule has 6 nitrogen and oxygen atoms in total. The first-order valence-electron chi connectivity index (χ1n) is 7.86. The van der Waals surface area contributed by atoms with Crippen molar-refractivity contribution in [2.24, 2.45) is 0 Å². The molecule has 1 aromatic heterocycles. The molecule has 2 aromatic rings. The van der Waals surface area contributed by atoms with Crippen molar-refractivity contribution in [2.45, 2.75) is 26.1 Å². The van der Waals surface area contributed by atoms with Gasteiger partial charge in [-0.15, -0.1) is 0 Å². The number of carbonyl (C=O) groups excluding carboxylic acids is 1. The molecule has 0 aliphatic rings. The fourth-order valence-electron chi connectivity index (χ4n) is 2.24. The zero-order chi connectivity index (χ0) is 20.2. The predicted octanol–water partition coefficient (Wildman–Crippen LogP) is 2.77. The fourth-order valence-corrected chi connectivity index (χ4v) is 2.24. The molecule has 0 unspecified atom stereocenters. The van der Waals surface area contributed by atoms with Gasteiger partial charge in [-0.3, -0.25) is 4.79 Å². The third-order valence-corrected chi connectivity index (χ3v) is 3.48. The lowest BCUT2D eigenvalue weighted by Gasteiger charge is -2.28. The van der Waals surface area contributed by atoms with Crippen LogP contribution in [0.2, 0.25) is 0 Å². The van der Waals surface area contributed by atoms with E-state index in [0.29, 0.717) is 4.90 Å². The number of halogens is 4. The van der Waals surface area contributed by atoms with Crippen LogP contribution in [0.15, 0.2) is 36.9 Å². The topological polar surface area (TPSA) is 55.5 Å². The lowest BCUT2D eigenvalue weighted by molar-refractivity contribution is -0.887. The molecule has 1 amide bonds. The molecule has 1 heterocycles. The maximum absolute atomic E-state index is 13.7. The van der Waals surface area contributed by atoms with E-state index in [1.165, 1.54) is 50.5 Å². The second-order valence-corrected chi connectivity index (χ2v) is 5.85. The second-order valence-electron chi connectivity index (χ2n) is 5.85. The third kappa shape index (κ3) is 5.53. The predicted molar refractivity (Wildman–Crippen MR) is 85.6 cm³/mol. The number of amides is 1. The number of benzene rings is 1. The standard InChI is InChI=1S/C17H18F4N3O3/c1-11(2)24(9-17(19,20)21)16(25)14-6-12(18)4-5-15(14)27-13-7-22-10-23(8-13)26-3/h4-8,10-11H,9H2,1-3H3/q+1. The normalized spacial score (nSPS) is 11.4. The van der Waals surface area contributed by atoms with Gasteiger partial charge < -0.3 is 14.5 Å². The average Bonchev–Trinajstić information content (AvgIpc) is 2.60. The van der Waals surface area contributed by atoms with Crippen LogP contribution in [0.1, 0.15) is 24.2 Å². The number of ether oxygens (including phenoxy) is 1. The zero-order valence-electron chi connectivity index (χ0n) is 14.8. The fraction of sp³-hybridized carbons (Fsp3) is 0.353. The van der Waals surface area contributed by atoms with Crippen molar-refractivity contribution in [1.29, 1.82) is 0 Å². The summed E-state index contributed by atoms with van der Waals surface area (Å²) in [6.07, 6.45) is -0.557. The molecule has 1 aromatic carbocycles. The highest BCUT2D eigenvalue weighted by atomic mass is 19.4. The first-order valence-corrected chi connectivity index (χ1v) is 7.86. The van der Waals surface area contributed by atoms with Crippen molar-refractivity contribution in [3.8, 4) is 11.5 Å². The molecule has 27 heavy (non-hydrogen) atoms. The van der Waals surface area contributed by atoms with Gasteiger partial charge in [-0.2, -0.15) is 13.2 Å². The van der Waals surface area contributed by atoms with Crippen molar-refractivity contribution < 1.29 is 36.7 Å². The van der Waals surface area contributed by atoms with E-state index >= 15 is 0 Å². The van der Waals surface area contributed by atoms with E-state index < -0.39 is 30.5 Å². The van der Waals surface area contributed by atoms with E-state index in [0.717, 1.165) is 12.1 Å². The molecule has 0 N–H and O–H groups in total. The number of hydrogen-bond acceptors (Lipinski definition) is 4. The van der Waals surface area contributed by atoms with Crippen molar-refractivity contribution in [3.63, 3.8) is 0 Å². The first kappa shape index (κ1) is 20.4. The largest absolute Gasteiger partial charge is 0.449 e. The minimum Gasteiger partial charge on any atom is -0.449 e. The average molecular weight is 388 g/mol. The summed E-state index contributed by atoms with van der Waals surface area (Å²) in [6, 6.07) is 2.28. The Bertz CT molecular complexity index is 812. The van der Waals surface area contributed by atoms with E-state index in [9.17, 15) is 22.4 Å². The molecular weight excluding hydrogens is 370 g/mol. The molecule has 2 rings (SSSR count). The van der Waals surface area contributed by atoms with Crippen LogP contribution in [0.3, 0.4) is 0 Å². The summed E-state index contributed by atoms with van der Waals surface area (Å²) in [5.41, 5.74) is -0.333. The van der Waals surface area contributed by atoms with Gasteiger partial charge in [-0.1, -0.05) is 0 Å². The summed E-state index contributed by atoms with van der Waals surface area (Å²) in [6.45, 7) is 1.41. The summed E-state index contributed by atoms with van der Waals surface area (Å²) in [5.74, 6) is -1.74. The number of alkyl halides is 3. The van der Waals surface area contributed by atoms with Crippen LogP contribution in [0.25, 0.3) is 0 Å². The number of carbonyl (C=O) groups is 1. The summed E-state index contributed by atoms with van der Waals surface area (Å²) in [4.78, 5) is 22.1. The smallest absolute Gasteiger partial charge is 0.406 e. The Morgan fingerprint density at radius 2 is 2.04 bits per heavy atom. The monoisotopic (exact) mass is 388 g/mol. The maximum Gasteiger partial charge on any atom is 0.406 e. The molecule has 0 aliphatic heterocycles. The SMILES string of the molecule is CO[n+]1cncc(Oc2ccc(F)cc2C(=O)N(CC(F)(F)F)C(C)C)c1. The first-order chi connectivity index (χ1) is 12.6. The van der Waals surface area contributed by atoms with Crippen LogP contribution in [0.4, 0.5) is 17.6 Å². The molecular formula is C17H18F4N3O3+. The molecule has 0 aliphatic carbocycles. The highest BCUT2D eigenvalue weighted by molar-refractivity contribution is 5.97. The van der Waals surface area contributed by atoms with Crippen LogP contribution in [-0.2, 0) is 0 Å². The van der Waals surface area contributed by atoms with Gasteiger partial charge in [0.05, 0.1) is 5.56 Å². The Morgan fingerprint density at radius 1 is 1.33 bits per heavy atom. The molecule has 146 valence electrons. The number of rotatable bonds is 6. The van der Waals surface area contributed by atoms with Crippen LogP contribution in [0.5, 0.6) is 11.5 Å². The molecule has 0 saturated carbocycles. The summed E-state index contributed by atoms with van der Waals surface area (Å²) in [7, 11) is 1.38. The van der Waals surface area contributed by atoms with Gasteiger partial charge in [0, 0.05) is 6.04 Å². The number of aromatic nitrogens is 2. The molecule has 0 spiro atoms. The van der Waals surface area contributed by atoms with Crippen LogP contribution < -0.4 is 14.3 Å². The van der Waals surface area contributed by atoms with Gasteiger partial charge in [-0.25, -0.2) is 4.39 Å². The molecule has 0 bridgehead atoms. The van der Waals surface area contributed by atoms with Crippen LogP contribution >= 0.6 is 0 Å². The zero-order valence-corrected chi connectivity index (χ0v) is 14.8. The Kier molecular flexibility index (Phi) is 6.19. The summed E-state index contributed by atoms with van der Waals surface area (Å²) in [5, 5.41) is 0. The van der Waals surface area contributed by atoms with Crippen molar-refractivity contribution in [3.05, 3.63) is 48.3 Å². The molecule has 0 atom stereocenters. The Hall–Kier alpha value is -2.91. The molecule has 0 saturated heterocycles. The van der Waals surface area contributed by atoms with Crippen molar-refractivity contribution in [2.75, 3.05) is 13.7 Å². The highest BCUT2D eigenvalue weighted by Crippen LogP contribution is 2.28. The van der Waals surface area contributed by atoms with Gasteiger partial charge in [0.25, 0.3) is 5.91 Å².